The van der Waals surface area contributed by atoms with Crippen molar-refractivity contribution in [1.29, 1.82) is 0 Å². The van der Waals surface area contributed by atoms with Crippen molar-refractivity contribution in [3.05, 3.63) is 109 Å². The van der Waals surface area contributed by atoms with E-state index in [1.807, 2.05) is 18.2 Å². The average molecular weight is 418 g/mol. The van der Waals surface area contributed by atoms with E-state index >= 15 is 0 Å². The third kappa shape index (κ3) is 4.04. The number of fused-ring (bicyclic) bond motifs is 1. The highest BCUT2D eigenvalue weighted by Gasteiger charge is 2.16. The molecule has 158 valence electrons. The fourth-order valence-electron chi connectivity index (χ4n) is 3.97. The SMILES string of the molecule is CC(C)(C)c1ccc(Nc2ccc(-c3cc4ccccc4o3)cc2)c(-c2ccccc2)c1. The predicted molar refractivity (Wildman–Crippen MR) is 136 cm³/mol. The normalized spacial score (nSPS) is 11.6. The van der Waals surface area contributed by atoms with Gasteiger partial charge in [0.25, 0.3) is 0 Å². The standard InChI is InChI=1S/C30H27NO/c1-30(2,3)24-15-18-27(26(20-24)21-9-5-4-6-10-21)31-25-16-13-22(14-17-25)29-19-23-11-7-8-12-28(23)32-29/h4-20,31H,1-3H3. The van der Waals surface area contributed by atoms with Crippen LogP contribution in [0.5, 0.6) is 0 Å². The highest BCUT2D eigenvalue weighted by Crippen LogP contribution is 2.35. The van der Waals surface area contributed by atoms with E-state index in [9.17, 15) is 0 Å². The van der Waals surface area contributed by atoms with Gasteiger partial charge in [0.1, 0.15) is 11.3 Å². The van der Waals surface area contributed by atoms with Gasteiger partial charge < -0.3 is 9.73 Å². The summed E-state index contributed by atoms with van der Waals surface area (Å²) in [7, 11) is 0. The molecular formula is C30H27NO. The number of furan rings is 1. The summed E-state index contributed by atoms with van der Waals surface area (Å²) in [6.45, 7) is 6.75. The first-order chi connectivity index (χ1) is 15.5. The van der Waals surface area contributed by atoms with Crippen LogP contribution >= 0.6 is 0 Å². The van der Waals surface area contributed by atoms with E-state index in [4.69, 9.17) is 4.42 Å². The Kier molecular flexibility index (Phi) is 5.07. The lowest BCUT2D eigenvalue weighted by atomic mass is 9.85. The molecule has 1 aromatic heterocycles. The molecule has 5 aromatic rings. The van der Waals surface area contributed by atoms with Crippen LogP contribution in [-0.4, -0.2) is 0 Å². The van der Waals surface area contributed by atoms with Gasteiger partial charge >= 0.3 is 0 Å². The van der Waals surface area contributed by atoms with Crippen molar-refractivity contribution < 1.29 is 4.42 Å². The first-order valence-corrected chi connectivity index (χ1v) is 11.0. The third-order valence-corrected chi connectivity index (χ3v) is 5.84. The second-order valence-corrected chi connectivity index (χ2v) is 9.23. The summed E-state index contributed by atoms with van der Waals surface area (Å²) >= 11 is 0. The van der Waals surface area contributed by atoms with Crippen molar-refractivity contribution in [2.24, 2.45) is 0 Å². The number of hydrogen-bond donors (Lipinski definition) is 1. The fraction of sp³-hybridized carbons (Fsp3) is 0.133. The molecule has 0 unspecified atom stereocenters. The number of rotatable bonds is 4. The molecule has 0 aliphatic heterocycles. The van der Waals surface area contributed by atoms with Crippen LogP contribution in [0.25, 0.3) is 33.4 Å². The second kappa shape index (κ2) is 8.05. The quantitative estimate of drug-likeness (QED) is 0.316. The first-order valence-electron chi connectivity index (χ1n) is 11.0. The Morgan fingerprint density at radius 1 is 0.656 bits per heavy atom. The number of hydrogen-bond acceptors (Lipinski definition) is 2. The molecule has 0 bridgehead atoms. The van der Waals surface area contributed by atoms with Crippen LogP contribution in [0.3, 0.4) is 0 Å². The largest absolute Gasteiger partial charge is 0.456 e. The minimum atomic E-state index is 0.0935. The lowest BCUT2D eigenvalue weighted by Gasteiger charge is -2.22. The van der Waals surface area contributed by atoms with E-state index in [-0.39, 0.29) is 5.41 Å². The number of nitrogens with one attached hydrogen (secondary N) is 1. The van der Waals surface area contributed by atoms with Gasteiger partial charge in [0.05, 0.1) is 0 Å². The van der Waals surface area contributed by atoms with Gasteiger partial charge in [0.2, 0.25) is 0 Å². The minimum absolute atomic E-state index is 0.0935. The smallest absolute Gasteiger partial charge is 0.135 e. The lowest BCUT2D eigenvalue weighted by Crippen LogP contribution is -2.11. The van der Waals surface area contributed by atoms with Crippen molar-refractivity contribution in [3.63, 3.8) is 0 Å². The molecule has 0 fully saturated rings. The molecule has 32 heavy (non-hydrogen) atoms. The van der Waals surface area contributed by atoms with Gasteiger partial charge in [0, 0.05) is 27.9 Å². The van der Waals surface area contributed by atoms with Crippen molar-refractivity contribution in [1.82, 2.24) is 0 Å². The van der Waals surface area contributed by atoms with E-state index < -0.39 is 0 Å². The molecule has 0 saturated heterocycles. The van der Waals surface area contributed by atoms with E-state index in [0.29, 0.717) is 0 Å². The second-order valence-electron chi connectivity index (χ2n) is 9.23. The zero-order valence-electron chi connectivity index (χ0n) is 18.7. The van der Waals surface area contributed by atoms with Gasteiger partial charge in [-0.25, -0.2) is 0 Å². The molecule has 1 N–H and O–H groups in total. The topological polar surface area (TPSA) is 25.2 Å². The zero-order valence-corrected chi connectivity index (χ0v) is 18.7. The maximum Gasteiger partial charge on any atom is 0.135 e. The van der Waals surface area contributed by atoms with E-state index in [1.54, 1.807) is 0 Å². The van der Waals surface area contributed by atoms with Crippen LogP contribution in [0.1, 0.15) is 26.3 Å². The summed E-state index contributed by atoms with van der Waals surface area (Å²) in [5.41, 5.74) is 7.96. The summed E-state index contributed by atoms with van der Waals surface area (Å²) in [5, 5.41) is 4.75. The Labute approximate surface area is 189 Å². The van der Waals surface area contributed by atoms with Crippen molar-refractivity contribution in [2.45, 2.75) is 26.2 Å². The molecule has 0 amide bonds. The van der Waals surface area contributed by atoms with Crippen molar-refractivity contribution in [2.75, 3.05) is 5.32 Å². The molecular weight excluding hydrogens is 390 g/mol. The Morgan fingerprint density at radius 3 is 2.09 bits per heavy atom. The summed E-state index contributed by atoms with van der Waals surface area (Å²) in [4.78, 5) is 0. The maximum absolute atomic E-state index is 6.01. The molecule has 0 saturated carbocycles. The third-order valence-electron chi connectivity index (χ3n) is 5.84. The molecule has 0 radical (unpaired) electrons. The van der Waals surface area contributed by atoms with Crippen molar-refractivity contribution >= 4 is 22.3 Å². The van der Waals surface area contributed by atoms with Crippen molar-refractivity contribution in [3.8, 4) is 22.5 Å². The minimum Gasteiger partial charge on any atom is -0.456 e. The van der Waals surface area contributed by atoms with E-state index in [1.165, 1.54) is 16.7 Å². The monoisotopic (exact) mass is 417 g/mol. The van der Waals surface area contributed by atoms with Crippen LogP contribution in [0.15, 0.2) is 108 Å². The lowest BCUT2D eigenvalue weighted by molar-refractivity contribution is 0.590. The molecule has 4 aromatic carbocycles. The Bertz CT molecular complexity index is 1320. The van der Waals surface area contributed by atoms with Crippen LogP contribution in [-0.2, 0) is 5.41 Å². The molecule has 5 rings (SSSR count). The molecule has 2 heteroatoms. The van der Waals surface area contributed by atoms with Gasteiger partial charge in [-0.3, -0.25) is 0 Å². The average Bonchev–Trinajstić information content (AvgIpc) is 3.24. The van der Waals surface area contributed by atoms with Crippen LogP contribution in [0, 0.1) is 0 Å². The molecule has 1 heterocycles. The highest BCUT2D eigenvalue weighted by atomic mass is 16.3. The van der Waals surface area contributed by atoms with Gasteiger partial charge in [-0.1, -0.05) is 75.4 Å². The summed E-state index contributed by atoms with van der Waals surface area (Å²) in [6.07, 6.45) is 0. The van der Waals surface area contributed by atoms with E-state index in [2.05, 4.69) is 111 Å². The van der Waals surface area contributed by atoms with Gasteiger partial charge in [-0.2, -0.15) is 0 Å². The van der Waals surface area contributed by atoms with Crippen LogP contribution in [0.4, 0.5) is 11.4 Å². The maximum atomic E-state index is 6.01. The van der Waals surface area contributed by atoms with Gasteiger partial charge in [-0.15, -0.1) is 0 Å². The van der Waals surface area contributed by atoms with Gasteiger partial charge in [0.15, 0.2) is 0 Å². The molecule has 0 atom stereocenters. The summed E-state index contributed by atoms with van der Waals surface area (Å²) in [5.74, 6) is 0.886. The fourth-order valence-corrected chi connectivity index (χ4v) is 3.97. The Balaban J connectivity index is 1.47. The summed E-state index contributed by atoms with van der Waals surface area (Å²) in [6, 6.07) is 35.9. The molecule has 0 aliphatic rings. The predicted octanol–water partition coefficient (Wildman–Crippen LogP) is 8.81. The van der Waals surface area contributed by atoms with Crippen LogP contribution in [0.2, 0.25) is 0 Å². The van der Waals surface area contributed by atoms with Crippen LogP contribution < -0.4 is 5.32 Å². The highest BCUT2D eigenvalue weighted by molar-refractivity contribution is 5.84. The molecule has 0 spiro atoms. The van der Waals surface area contributed by atoms with Gasteiger partial charge in [-0.05, 0) is 65.1 Å². The number of anilines is 2. The van der Waals surface area contributed by atoms with E-state index in [0.717, 1.165) is 33.7 Å². The summed E-state index contributed by atoms with van der Waals surface area (Å²) < 4.78 is 6.01. The zero-order chi connectivity index (χ0) is 22.1. The Morgan fingerprint density at radius 2 is 1.38 bits per heavy atom. The number of benzene rings is 4. The number of para-hydroxylation sites is 1. The Hall–Kier alpha value is -3.78. The molecule has 2 nitrogen and oxygen atoms in total. The molecule has 0 aliphatic carbocycles. The first kappa shape index (κ1) is 20.1.